The van der Waals surface area contributed by atoms with E-state index < -0.39 is 0 Å². The lowest BCUT2D eigenvalue weighted by molar-refractivity contribution is 0.231. The van der Waals surface area contributed by atoms with Crippen LogP contribution in [0, 0.1) is 5.41 Å². The number of hydrogen-bond donors (Lipinski definition) is 1. The Morgan fingerprint density at radius 1 is 1.40 bits per heavy atom. The smallest absolute Gasteiger partial charge is 0.0533 e. The summed E-state index contributed by atoms with van der Waals surface area (Å²) in [4.78, 5) is 1.28. The monoisotopic (exact) mass is 222 g/mol. The number of aliphatic hydroxyl groups is 1. The molecule has 1 fully saturated rings. The Hall–Kier alpha value is -0.470. The molecule has 82 valence electrons. The Morgan fingerprint density at radius 3 is 2.53 bits per heavy atom. The third kappa shape index (κ3) is 1.60. The van der Waals surface area contributed by atoms with E-state index in [4.69, 9.17) is 0 Å². The number of rotatable bonds is 3. The van der Waals surface area contributed by atoms with Crippen LogP contribution >= 0.6 is 11.8 Å². The van der Waals surface area contributed by atoms with Gasteiger partial charge in [0.15, 0.2) is 0 Å². The van der Waals surface area contributed by atoms with Crippen LogP contribution in [0.4, 0.5) is 0 Å². The number of hydrogen-bond acceptors (Lipinski definition) is 2. The standard InChI is InChI=1S/C13H18OS/c1-12(2)8-13(12,9-14)10-5-4-6-11(7-10)15-3/h4-7,14H,8-9H2,1-3H3. The van der Waals surface area contributed by atoms with Gasteiger partial charge in [-0.3, -0.25) is 0 Å². The molecule has 0 saturated heterocycles. The lowest BCUT2D eigenvalue weighted by Gasteiger charge is -2.18. The number of thioether (sulfide) groups is 1. The second-order valence-corrected chi connectivity index (χ2v) is 5.91. The molecule has 0 aromatic heterocycles. The van der Waals surface area contributed by atoms with Crippen molar-refractivity contribution < 1.29 is 5.11 Å². The van der Waals surface area contributed by atoms with Crippen molar-refractivity contribution in [2.45, 2.75) is 30.6 Å². The van der Waals surface area contributed by atoms with Crippen LogP contribution in [-0.4, -0.2) is 18.0 Å². The number of aliphatic hydroxyl groups excluding tert-OH is 1. The molecule has 0 aliphatic heterocycles. The zero-order valence-electron chi connectivity index (χ0n) is 9.58. The predicted molar refractivity (Wildman–Crippen MR) is 65.4 cm³/mol. The van der Waals surface area contributed by atoms with E-state index in [1.54, 1.807) is 11.8 Å². The fraction of sp³-hybridized carbons (Fsp3) is 0.538. The molecule has 1 aliphatic carbocycles. The average molecular weight is 222 g/mol. The third-order valence-electron chi connectivity index (χ3n) is 3.81. The maximum atomic E-state index is 9.60. The van der Waals surface area contributed by atoms with Crippen LogP contribution in [0.15, 0.2) is 29.2 Å². The van der Waals surface area contributed by atoms with Gasteiger partial charge in [-0.25, -0.2) is 0 Å². The van der Waals surface area contributed by atoms with Gasteiger partial charge in [0.2, 0.25) is 0 Å². The molecule has 1 nitrogen and oxygen atoms in total. The summed E-state index contributed by atoms with van der Waals surface area (Å²) in [5, 5.41) is 9.60. The molecule has 2 rings (SSSR count). The Labute approximate surface area is 95.9 Å². The van der Waals surface area contributed by atoms with Crippen LogP contribution in [0.25, 0.3) is 0 Å². The maximum absolute atomic E-state index is 9.60. The highest BCUT2D eigenvalue weighted by atomic mass is 32.2. The average Bonchev–Trinajstić information content (AvgIpc) is 2.82. The van der Waals surface area contributed by atoms with E-state index in [1.807, 2.05) is 0 Å². The molecule has 0 amide bonds. The van der Waals surface area contributed by atoms with Crippen LogP contribution < -0.4 is 0 Å². The molecule has 0 bridgehead atoms. The van der Waals surface area contributed by atoms with Crippen molar-refractivity contribution in [3.63, 3.8) is 0 Å². The molecule has 1 saturated carbocycles. The molecular weight excluding hydrogens is 204 g/mol. The fourth-order valence-corrected chi connectivity index (χ4v) is 2.94. The first-order valence-electron chi connectivity index (χ1n) is 5.31. The normalized spacial score (nSPS) is 27.7. The first kappa shape index (κ1) is 11.0. The van der Waals surface area contributed by atoms with E-state index in [9.17, 15) is 5.11 Å². The van der Waals surface area contributed by atoms with Crippen molar-refractivity contribution in [1.82, 2.24) is 0 Å². The maximum Gasteiger partial charge on any atom is 0.0533 e. The highest BCUT2D eigenvalue weighted by Gasteiger charge is 2.61. The van der Waals surface area contributed by atoms with E-state index in [-0.39, 0.29) is 17.4 Å². The van der Waals surface area contributed by atoms with Gasteiger partial charge in [-0.15, -0.1) is 11.8 Å². The highest BCUT2D eigenvalue weighted by molar-refractivity contribution is 7.98. The van der Waals surface area contributed by atoms with E-state index in [2.05, 4.69) is 44.4 Å². The van der Waals surface area contributed by atoms with Crippen molar-refractivity contribution in [2.24, 2.45) is 5.41 Å². The van der Waals surface area contributed by atoms with Gasteiger partial charge in [-0.05, 0) is 35.8 Å². The summed E-state index contributed by atoms with van der Waals surface area (Å²) in [7, 11) is 0. The Bertz CT molecular complexity index is 373. The molecule has 15 heavy (non-hydrogen) atoms. The van der Waals surface area contributed by atoms with Gasteiger partial charge in [0.25, 0.3) is 0 Å². The van der Waals surface area contributed by atoms with E-state index in [0.717, 1.165) is 6.42 Å². The van der Waals surface area contributed by atoms with Crippen molar-refractivity contribution in [1.29, 1.82) is 0 Å². The summed E-state index contributed by atoms with van der Waals surface area (Å²) in [6, 6.07) is 8.57. The minimum Gasteiger partial charge on any atom is -0.395 e. The topological polar surface area (TPSA) is 20.2 Å². The summed E-state index contributed by atoms with van der Waals surface area (Å²) in [5.41, 5.74) is 1.55. The van der Waals surface area contributed by atoms with Crippen LogP contribution in [0.1, 0.15) is 25.8 Å². The summed E-state index contributed by atoms with van der Waals surface area (Å²) < 4.78 is 0. The minimum absolute atomic E-state index is 0.0126. The first-order valence-corrected chi connectivity index (χ1v) is 6.54. The minimum atomic E-state index is 0.0126. The Kier molecular flexibility index (Phi) is 2.60. The Balaban J connectivity index is 2.37. The molecule has 1 aliphatic rings. The SMILES string of the molecule is CSc1cccc(C2(CO)CC2(C)C)c1. The molecule has 0 spiro atoms. The third-order valence-corrected chi connectivity index (χ3v) is 4.53. The largest absolute Gasteiger partial charge is 0.395 e. The van der Waals surface area contributed by atoms with Crippen molar-refractivity contribution in [3.8, 4) is 0 Å². The number of benzene rings is 1. The van der Waals surface area contributed by atoms with Crippen LogP contribution in [0.3, 0.4) is 0 Å². The lowest BCUT2D eigenvalue weighted by atomic mass is 9.89. The molecule has 0 radical (unpaired) electrons. The summed E-state index contributed by atoms with van der Waals surface area (Å²) in [5.74, 6) is 0. The molecule has 2 heteroatoms. The molecule has 1 aromatic rings. The summed E-state index contributed by atoms with van der Waals surface area (Å²) in [6.45, 7) is 4.72. The highest BCUT2D eigenvalue weighted by Crippen LogP contribution is 2.64. The quantitative estimate of drug-likeness (QED) is 0.793. The fourth-order valence-electron chi connectivity index (χ4n) is 2.48. The van der Waals surface area contributed by atoms with E-state index >= 15 is 0 Å². The van der Waals surface area contributed by atoms with Gasteiger partial charge in [-0.2, -0.15) is 0 Å². The van der Waals surface area contributed by atoms with Gasteiger partial charge in [0.1, 0.15) is 0 Å². The van der Waals surface area contributed by atoms with Gasteiger partial charge >= 0.3 is 0 Å². The first-order chi connectivity index (χ1) is 7.05. The summed E-state index contributed by atoms with van der Waals surface area (Å²) in [6.07, 6.45) is 3.18. The van der Waals surface area contributed by atoms with Crippen LogP contribution in [0.5, 0.6) is 0 Å². The Morgan fingerprint density at radius 2 is 2.07 bits per heavy atom. The lowest BCUT2D eigenvalue weighted by Crippen LogP contribution is -2.19. The van der Waals surface area contributed by atoms with Crippen LogP contribution in [-0.2, 0) is 5.41 Å². The van der Waals surface area contributed by atoms with E-state index in [0.29, 0.717) is 0 Å². The molecule has 1 aromatic carbocycles. The molecular formula is C13H18OS. The van der Waals surface area contributed by atoms with Gasteiger partial charge in [0, 0.05) is 10.3 Å². The van der Waals surface area contributed by atoms with Gasteiger partial charge < -0.3 is 5.11 Å². The second-order valence-electron chi connectivity index (χ2n) is 5.03. The molecule has 0 heterocycles. The van der Waals surface area contributed by atoms with Gasteiger partial charge in [0.05, 0.1) is 6.61 Å². The second kappa shape index (κ2) is 3.53. The zero-order chi connectivity index (χ0) is 11.1. The van der Waals surface area contributed by atoms with Gasteiger partial charge in [-0.1, -0.05) is 26.0 Å². The molecule has 1 unspecified atom stereocenters. The van der Waals surface area contributed by atoms with Crippen LogP contribution in [0.2, 0.25) is 0 Å². The predicted octanol–water partition coefficient (Wildman–Crippen LogP) is 3.07. The van der Waals surface area contributed by atoms with E-state index in [1.165, 1.54) is 10.5 Å². The van der Waals surface area contributed by atoms with Crippen molar-refractivity contribution in [3.05, 3.63) is 29.8 Å². The molecule has 1 atom stereocenters. The molecule has 1 N–H and O–H groups in total. The van der Waals surface area contributed by atoms with Crippen molar-refractivity contribution >= 4 is 11.8 Å². The summed E-state index contributed by atoms with van der Waals surface area (Å²) >= 11 is 1.76. The zero-order valence-corrected chi connectivity index (χ0v) is 10.4. The van der Waals surface area contributed by atoms with Crippen molar-refractivity contribution in [2.75, 3.05) is 12.9 Å².